The van der Waals surface area contributed by atoms with Gasteiger partial charge >= 0.3 is 0 Å². The number of hydrogen-bond acceptors (Lipinski definition) is 2. The smallest absolute Gasteiger partial charge is 0.161 e. The first kappa shape index (κ1) is 14.8. The first-order valence-corrected chi connectivity index (χ1v) is 8.23. The molecule has 0 saturated heterocycles. The van der Waals surface area contributed by atoms with Crippen LogP contribution in [0.25, 0.3) is 0 Å². The van der Waals surface area contributed by atoms with E-state index in [0.29, 0.717) is 17.2 Å². The number of hydrogen-bond donors (Lipinski definition) is 1. The summed E-state index contributed by atoms with van der Waals surface area (Å²) in [4.78, 5) is 0. The molecule has 21 heavy (non-hydrogen) atoms. The highest BCUT2D eigenvalue weighted by atomic mass is 79.9. The molecule has 0 amide bonds. The molecule has 1 aromatic rings. The fraction of sp³-hybridized carbons (Fsp3) is 0.588. The van der Waals surface area contributed by atoms with E-state index >= 15 is 0 Å². The number of rotatable bonds is 2. The molecule has 112 valence electrons. The third-order valence-electron chi connectivity index (χ3n) is 5.77. The van der Waals surface area contributed by atoms with Gasteiger partial charge in [0.05, 0.1) is 15.7 Å². The molecule has 3 unspecified atom stereocenters. The summed E-state index contributed by atoms with van der Waals surface area (Å²) in [7, 11) is 0. The van der Waals surface area contributed by atoms with Gasteiger partial charge in [-0.15, -0.1) is 0 Å². The van der Waals surface area contributed by atoms with Crippen LogP contribution in [0.3, 0.4) is 0 Å². The molecule has 1 N–H and O–H groups in total. The summed E-state index contributed by atoms with van der Waals surface area (Å²) in [6.07, 6.45) is 3.70. The summed E-state index contributed by atoms with van der Waals surface area (Å²) < 4.78 is 14.7. The summed E-state index contributed by atoms with van der Waals surface area (Å²) >= 11 is 3.19. The van der Waals surface area contributed by atoms with Gasteiger partial charge in [-0.05, 0) is 64.1 Å². The van der Waals surface area contributed by atoms with Crippen molar-refractivity contribution in [3.63, 3.8) is 0 Å². The maximum Gasteiger partial charge on any atom is 0.161 e. The second kappa shape index (κ2) is 4.71. The van der Waals surface area contributed by atoms with Crippen molar-refractivity contribution in [1.29, 1.82) is 5.26 Å². The van der Waals surface area contributed by atoms with Crippen LogP contribution in [0.15, 0.2) is 16.6 Å². The maximum atomic E-state index is 14.5. The highest BCUT2D eigenvalue weighted by Crippen LogP contribution is 2.63. The molecule has 2 fully saturated rings. The molecule has 2 aliphatic carbocycles. The van der Waals surface area contributed by atoms with E-state index in [4.69, 9.17) is 5.26 Å². The van der Waals surface area contributed by atoms with Crippen LogP contribution in [-0.2, 0) is 0 Å². The minimum Gasteiger partial charge on any atom is -0.379 e. The van der Waals surface area contributed by atoms with Gasteiger partial charge in [-0.3, -0.25) is 0 Å². The number of benzene rings is 1. The molecule has 0 heterocycles. The summed E-state index contributed by atoms with van der Waals surface area (Å²) in [5.74, 6) is 0.348. The average Bonchev–Trinajstić information content (AvgIpc) is 2.90. The van der Waals surface area contributed by atoms with Crippen molar-refractivity contribution in [1.82, 2.24) is 0 Å². The molecular formula is C17H20BrFN2. The highest BCUT2D eigenvalue weighted by Gasteiger charge is 2.59. The molecule has 4 heteroatoms. The van der Waals surface area contributed by atoms with E-state index in [0.717, 1.165) is 0 Å². The van der Waals surface area contributed by atoms with E-state index in [2.05, 4.69) is 42.0 Å². The largest absolute Gasteiger partial charge is 0.379 e. The molecular weight excluding hydrogens is 331 g/mol. The van der Waals surface area contributed by atoms with Gasteiger partial charge in [0.15, 0.2) is 5.82 Å². The van der Waals surface area contributed by atoms with Crippen LogP contribution in [0, 0.1) is 33.9 Å². The van der Waals surface area contributed by atoms with Gasteiger partial charge in [-0.2, -0.15) is 5.26 Å². The van der Waals surface area contributed by atoms with E-state index in [1.165, 1.54) is 19.3 Å². The van der Waals surface area contributed by atoms with E-state index in [1.54, 1.807) is 12.1 Å². The Labute approximate surface area is 133 Å². The molecule has 2 nitrogen and oxygen atoms in total. The molecule has 0 aromatic heterocycles. The van der Waals surface area contributed by atoms with E-state index in [9.17, 15) is 4.39 Å². The predicted octanol–water partition coefficient (Wildman–Crippen LogP) is 5.09. The minimum absolute atomic E-state index is 0.166. The Morgan fingerprint density at radius 1 is 1.38 bits per heavy atom. The van der Waals surface area contributed by atoms with Crippen LogP contribution in [0.2, 0.25) is 0 Å². The Morgan fingerprint density at radius 3 is 2.67 bits per heavy atom. The predicted molar refractivity (Wildman–Crippen MR) is 85.5 cm³/mol. The third kappa shape index (κ3) is 2.09. The zero-order valence-electron chi connectivity index (χ0n) is 12.6. The van der Waals surface area contributed by atoms with E-state index in [1.807, 2.05) is 6.07 Å². The molecule has 3 rings (SSSR count). The minimum atomic E-state index is -0.365. The summed E-state index contributed by atoms with van der Waals surface area (Å²) in [6.45, 7) is 6.89. The van der Waals surface area contributed by atoms with Gasteiger partial charge < -0.3 is 5.32 Å². The lowest BCUT2D eigenvalue weighted by molar-refractivity contribution is 0.155. The fourth-order valence-electron chi connectivity index (χ4n) is 4.57. The molecule has 2 aliphatic rings. The number of halogens is 2. The summed E-state index contributed by atoms with van der Waals surface area (Å²) in [6, 6.07) is 5.60. The first-order chi connectivity index (χ1) is 9.79. The zero-order valence-corrected chi connectivity index (χ0v) is 14.2. The van der Waals surface area contributed by atoms with Crippen molar-refractivity contribution >= 4 is 21.6 Å². The topological polar surface area (TPSA) is 35.8 Å². The van der Waals surface area contributed by atoms with Crippen molar-refractivity contribution in [2.75, 3.05) is 5.32 Å². The van der Waals surface area contributed by atoms with Crippen molar-refractivity contribution < 1.29 is 4.39 Å². The quantitative estimate of drug-likeness (QED) is 0.806. The second-order valence-corrected chi connectivity index (χ2v) is 8.19. The number of anilines is 1. The van der Waals surface area contributed by atoms with Crippen LogP contribution in [0.5, 0.6) is 0 Å². The van der Waals surface area contributed by atoms with Crippen LogP contribution < -0.4 is 5.32 Å². The van der Waals surface area contributed by atoms with Crippen LogP contribution in [0.1, 0.15) is 45.6 Å². The third-order valence-corrected chi connectivity index (χ3v) is 6.55. The van der Waals surface area contributed by atoms with Crippen LogP contribution in [0.4, 0.5) is 10.1 Å². The van der Waals surface area contributed by atoms with Gasteiger partial charge in [-0.1, -0.05) is 20.8 Å². The Hall–Kier alpha value is -1.08. The number of nitrogens with zero attached hydrogens (tertiary/aromatic N) is 1. The Morgan fingerprint density at radius 2 is 2.10 bits per heavy atom. The Bertz CT molecular complexity index is 630. The molecule has 0 spiro atoms. The van der Waals surface area contributed by atoms with Crippen molar-refractivity contribution in [3.8, 4) is 6.07 Å². The molecule has 3 atom stereocenters. The maximum absolute atomic E-state index is 14.5. The number of nitriles is 1. The standard InChI is InChI=1S/C17H20BrFN2/c1-16(2)11-6-7-17(3,8-11)15(16)21-12-5-4-10(9-20)13(18)14(12)19/h4-5,11,15,21H,6-8H2,1-3H3. The van der Waals surface area contributed by atoms with E-state index < -0.39 is 0 Å². The number of nitrogens with one attached hydrogen (secondary N) is 1. The SMILES string of the molecule is CC12CCC(C1)C(C)(C)C2Nc1ccc(C#N)c(Br)c1F. The second-order valence-electron chi connectivity index (χ2n) is 7.39. The normalized spacial score (nSPS) is 33.0. The first-order valence-electron chi connectivity index (χ1n) is 7.44. The van der Waals surface area contributed by atoms with Gasteiger partial charge in [0.25, 0.3) is 0 Å². The lowest BCUT2D eigenvalue weighted by Gasteiger charge is -2.43. The zero-order chi connectivity index (χ0) is 15.4. The Balaban J connectivity index is 1.95. The highest BCUT2D eigenvalue weighted by molar-refractivity contribution is 9.10. The fourth-order valence-corrected chi connectivity index (χ4v) is 5.00. The van der Waals surface area contributed by atoms with Gasteiger partial charge in [-0.25, -0.2) is 4.39 Å². The van der Waals surface area contributed by atoms with Gasteiger partial charge in [0, 0.05) is 6.04 Å². The molecule has 1 aromatic carbocycles. The van der Waals surface area contributed by atoms with Gasteiger partial charge in [0.1, 0.15) is 6.07 Å². The molecule has 0 aliphatic heterocycles. The van der Waals surface area contributed by atoms with E-state index in [-0.39, 0.29) is 27.2 Å². The van der Waals surface area contributed by atoms with Crippen molar-refractivity contribution in [2.45, 2.75) is 46.1 Å². The van der Waals surface area contributed by atoms with Crippen molar-refractivity contribution in [3.05, 3.63) is 28.0 Å². The average molecular weight is 351 g/mol. The molecule has 0 radical (unpaired) electrons. The lowest BCUT2D eigenvalue weighted by Crippen LogP contribution is -2.46. The van der Waals surface area contributed by atoms with Crippen LogP contribution >= 0.6 is 15.9 Å². The van der Waals surface area contributed by atoms with Crippen LogP contribution in [-0.4, -0.2) is 6.04 Å². The molecule has 2 saturated carbocycles. The lowest BCUT2D eigenvalue weighted by atomic mass is 9.68. The molecule has 2 bridgehead atoms. The monoisotopic (exact) mass is 350 g/mol. The number of fused-ring (bicyclic) bond motifs is 2. The van der Waals surface area contributed by atoms with Gasteiger partial charge in [0.2, 0.25) is 0 Å². The Kier molecular flexibility index (Phi) is 3.33. The summed E-state index contributed by atoms with van der Waals surface area (Å²) in [5.41, 5.74) is 1.23. The summed E-state index contributed by atoms with van der Waals surface area (Å²) in [5, 5.41) is 12.4. The van der Waals surface area contributed by atoms with Crippen molar-refractivity contribution in [2.24, 2.45) is 16.7 Å².